The van der Waals surface area contributed by atoms with Crippen LogP contribution in [0, 0.1) is 0 Å². The first-order valence-electron chi connectivity index (χ1n) is 6.22. The van der Waals surface area contributed by atoms with E-state index in [-0.39, 0.29) is 18.6 Å². The van der Waals surface area contributed by atoms with E-state index >= 15 is 0 Å². The van der Waals surface area contributed by atoms with E-state index in [1.165, 1.54) is 0 Å². The second-order valence-corrected chi connectivity index (χ2v) is 5.26. The van der Waals surface area contributed by atoms with E-state index < -0.39 is 0 Å². The molecule has 1 aromatic carbocycles. The Morgan fingerprint density at radius 1 is 1.42 bits per heavy atom. The molecule has 2 rings (SSSR count). The van der Waals surface area contributed by atoms with Gasteiger partial charge in [0.2, 0.25) is 5.91 Å². The summed E-state index contributed by atoms with van der Waals surface area (Å²) in [6, 6.07) is 5.10. The first-order chi connectivity index (χ1) is 9.15. The second-order valence-electron chi connectivity index (χ2n) is 4.42. The summed E-state index contributed by atoms with van der Waals surface area (Å²) in [5, 5.41) is 6.87. The molecule has 1 aliphatic heterocycles. The minimum absolute atomic E-state index is 0.0819. The highest BCUT2D eigenvalue weighted by atomic mass is 35.5. The maximum absolute atomic E-state index is 11.7. The lowest BCUT2D eigenvalue weighted by molar-refractivity contribution is -0.119. The number of anilines is 1. The highest BCUT2D eigenvalue weighted by Crippen LogP contribution is 2.24. The number of halogens is 2. The van der Waals surface area contributed by atoms with Gasteiger partial charge < -0.3 is 15.4 Å². The monoisotopic (exact) mass is 302 g/mol. The second kappa shape index (κ2) is 6.98. The Morgan fingerprint density at radius 2 is 2.26 bits per heavy atom. The fourth-order valence-electron chi connectivity index (χ4n) is 1.90. The molecule has 0 aliphatic carbocycles. The summed E-state index contributed by atoms with van der Waals surface area (Å²) >= 11 is 11.8. The molecule has 1 aromatic rings. The number of nitrogens with one attached hydrogen (secondary N) is 2. The molecule has 1 heterocycles. The molecule has 104 valence electrons. The summed E-state index contributed by atoms with van der Waals surface area (Å²) in [6.07, 6.45) is 2.23. The molecule has 1 aliphatic rings. The molecule has 0 radical (unpaired) electrons. The predicted octanol–water partition coefficient (Wildman–Crippen LogP) is 2.70. The van der Waals surface area contributed by atoms with Crippen molar-refractivity contribution in [2.45, 2.75) is 18.9 Å². The number of benzene rings is 1. The van der Waals surface area contributed by atoms with Crippen LogP contribution in [0.2, 0.25) is 10.0 Å². The molecule has 0 saturated carbocycles. The predicted molar refractivity (Wildman–Crippen MR) is 76.9 cm³/mol. The Bertz CT molecular complexity index is 448. The quantitative estimate of drug-likeness (QED) is 0.879. The van der Waals surface area contributed by atoms with Gasteiger partial charge in [-0.15, -0.1) is 0 Å². The first kappa shape index (κ1) is 14.4. The van der Waals surface area contributed by atoms with E-state index in [4.69, 9.17) is 27.9 Å². The molecule has 2 N–H and O–H groups in total. The standard InChI is InChI=1S/C13H16Cl2N2O2/c14-9-3-4-12(11(15)6-9)16-8-13(18)17-7-10-2-1-5-19-10/h3-4,6,10,16H,1-2,5,7-8H2,(H,17,18). The van der Waals surface area contributed by atoms with Gasteiger partial charge >= 0.3 is 0 Å². The number of hydrogen-bond donors (Lipinski definition) is 2. The lowest BCUT2D eigenvalue weighted by atomic mass is 10.2. The lowest BCUT2D eigenvalue weighted by Crippen LogP contribution is -2.35. The van der Waals surface area contributed by atoms with Crippen molar-refractivity contribution < 1.29 is 9.53 Å². The molecule has 1 fully saturated rings. The molecule has 6 heteroatoms. The van der Waals surface area contributed by atoms with Crippen LogP contribution >= 0.6 is 23.2 Å². The van der Waals surface area contributed by atoms with Gasteiger partial charge in [-0.1, -0.05) is 23.2 Å². The first-order valence-corrected chi connectivity index (χ1v) is 6.98. The third kappa shape index (κ3) is 4.56. The third-order valence-corrected chi connectivity index (χ3v) is 3.47. The molecule has 0 bridgehead atoms. The van der Waals surface area contributed by atoms with Crippen molar-refractivity contribution in [3.8, 4) is 0 Å². The van der Waals surface area contributed by atoms with Crippen molar-refractivity contribution in [1.82, 2.24) is 5.32 Å². The average molecular weight is 303 g/mol. The van der Waals surface area contributed by atoms with Gasteiger partial charge in [0, 0.05) is 18.2 Å². The van der Waals surface area contributed by atoms with E-state index in [0.29, 0.717) is 22.3 Å². The van der Waals surface area contributed by atoms with E-state index in [2.05, 4.69) is 10.6 Å². The van der Waals surface area contributed by atoms with Crippen LogP contribution in [0.15, 0.2) is 18.2 Å². The van der Waals surface area contributed by atoms with E-state index in [9.17, 15) is 4.79 Å². The van der Waals surface area contributed by atoms with Gasteiger partial charge in [-0.2, -0.15) is 0 Å². The maximum Gasteiger partial charge on any atom is 0.239 e. The van der Waals surface area contributed by atoms with Crippen LogP contribution < -0.4 is 10.6 Å². The van der Waals surface area contributed by atoms with E-state index in [1.54, 1.807) is 18.2 Å². The van der Waals surface area contributed by atoms with Crippen molar-refractivity contribution in [3.05, 3.63) is 28.2 Å². The average Bonchev–Trinajstić information content (AvgIpc) is 2.88. The van der Waals surface area contributed by atoms with Crippen LogP contribution in [-0.4, -0.2) is 31.7 Å². The molecule has 0 spiro atoms. The number of rotatable bonds is 5. The molecule has 1 unspecified atom stereocenters. The van der Waals surface area contributed by atoms with Crippen LogP contribution in [0.3, 0.4) is 0 Å². The van der Waals surface area contributed by atoms with Crippen molar-refractivity contribution in [1.29, 1.82) is 0 Å². The minimum atomic E-state index is -0.0819. The number of ether oxygens (including phenoxy) is 1. The lowest BCUT2D eigenvalue weighted by Gasteiger charge is -2.12. The summed E-state index contributed by atoms with van der Waals surface area (Å²) in [4.78, 5) is 11.7. The maximum atomic E-state index is 11.7. The Balaban J connectivity index is 1.73. The van der Waals surface area contributed by atoms with Crippen molar-refractivity contribution in [2.24, 2.45) is 0 Å². The number of amides is 1. The van der Waals surface area contributed by atoms with Crippen molar-refractivity contribution in [2.75, 3.05) is 25.0 Å². The number of carbonyl (C=O) groups is 1. The van der Waals surface area contributed by atoms with Gasteiger partial charge in [-0.05, 0) is 31.0 Å². The van der Waals surface area contributed by atoms with Crippen LogP contribution in [0.4, 0.5) is 5.69 Å². The summed E-state index contributed by atoms with van der Waals surface area (Å²) in [5.41, 5.74) is 0.693. The molecular formula is C13H16Cl2N2O2. The largest absolute Gasteiger partial charge is 0.376 e. The van der Waals surface area contributed by atoms with Gasteiger partial charge in [0.15, 0.2) is 0 Å². The summed E-state index contributed by atoms with van der Waals surface area (Å²) in [5.74, 6) is -0.0819. The van der Waals surface area contributed by atoms with Crippen LogP contribution in [0.5, 0.6) is 0 Å². The van der Waals surface area contributed by atoms with Gasteiger partial charge in [0.25, 0.3) is 0 Å². The molecule has 1 saturated heterocycles. The summed E-state index contributed by atoms with van der Waals surface area (Å²) in [6.45, 7) is 1.53. The normalized spacial score (nSPS) is 18.3. The number of hydrogen-bond acceptors (Lipinski definition) is 3. The molecule has 0 aromatic heterocycles. The highest BCUT2D eigenvalue weighted by molar-refractivity contribution is 6.36. The highest BCUT2D eigenvalue weighted by Gasteiger charge is 2.16. The zero-order valence-corrected chi connectivity index (χ0v) is 11.9. The van der Waals surface area contributed by atoms with Crippen LogP contribution in [0.25, 0.3) is 0 Å². The zero-order chi connectivity index (χ0) is 13.7. The molecule has 4 nitrogen and oxygen atoms in total. The SMILES string of the molecule is O=C(CNc1ccc(Cl)cc1Cl)NCC1CCCO1. The zero-order valence-electron chi connectivity index (χ0n) is 10.4. The van der Waals surface area contributed by atoms with Gasteiger partial charge in [0.05, 0.1) is 23.4 Å². The molecule has 1 atom stereocenters. The molecular weight excluding hydrogens is 287 g/mol. The fraction of sp³-hybridized carbons (Fsp3) is 0.462. The third-order valence-electron chi connectivity index (χ3n) is 2.92. The van der Waals surface area contributed by atoms with Crippen LogP contribution in [0.1, 0.15) is 12.8 Å². The Morgan fingerprint density at radius 3 is 2.95 bits per heavy atom. The Kier molecular flexibility index (Phi) is 5.31. The van der Waals surface area contributed by atoms with Gasteiger partial charge in [-0.3, -0.25) is 4.79 Å². The Hall–Kier alpha value is -0.970. The smallest absolute Gasteiger partial charge is 0.239 e. The van der Waals surface area contributed by atoms with Crippen molar-refractivity contribution >= 4 is 34.8 Å². The molecule has 1 amide bonds. The topological polar surface area (TPSA) is 50.4 Å². The minimum Gasteiger partial charge on any atom is -0.376 e. The van der Waals surface area contributed by atoms with Gasteiger partial charge in [0.1, 0.15) is 0 Å². The van der Waals surface area contributed by atoms with E-state index in [0.717, 1.165) is 19.4 Å². The summed E-state index contributed by atoms with van der Waals surface area (Å²) in [7, 11) is 0. The van der Waals surface area contributed by atoms with E-state index in [1.807, 2.05) is 0 Å². The molecule has 19 heavy (non-hydrogen) atoms. The fourth-order valence-corrected chi connectivity index (χ4v) is 2.38. The number of carbonyl (C=O) groups excluding carboxylic acids is 1. The van der Waals surface area contributed by atoms with Gasteiger partial charge in [-0.25, -0.2) is 0 Å². The Labute approximate surface area is 122 Å². The van der Waals surface area contributed by atoms with Crippen molar-refractivity contribution in [3.63, 3.8) is 0 Å². The summed E-state index contributed by atoms with van der Waals surface area (Å²) < 4.78 is 5.43. The van der Waals surface area contributed by atoms with Crippen LogP contribution in [-0.2, 0) is 9.53 Å².